The Labute approximate surface area is 184 Å². The molecule has 1 saturated heterocycles. The Kier molecular flexibility index (Phi) is 5.69. The highest BCUT2D eigenvalue weighted by Gasteiger charge is 2.28. The number of anilines is 1. The summed E-state index contributed by atoms with van der Waals surface area (Å²) in [5.74, 6) is -0.406. The van der Waals surface area contributed by atoms with Gasteiger partial charge in [0.15, 0.2) is 0 Å². The van der Waals surface area contributed by atoms with Crippen molar-refractivity contribution < 1.29 is 13.2 Å². The zero-order chi connectivity index (χ0) is 22.3. The van der Waals surface area contributed by atoms with E-state index in [2.05, 4.69) is 15.2 Å². The van der Waals surface area contributed by atoms with Gasteiger partial charge in [0, 0.05) is 38.9 Å². The van der Waals surface area contributed by atoms with Crippen LogP contribution in [0.1, 0.15) is 15.2 Å². The molecule has 0 atom stereocenters. The van der Waals surface area contributed by atoms with Crippen LogP contribution in [-0.4, -0.2) is 66.3 Å². The molecule has 0 bridgehead atoms. The van der Waals surface area contributed by atoms with E-state index in [1.165, 1.54) is 27.3 Å². The Balaban J connectivity index is 1.60. The lowest BCUT2D eigenvalue weighted by Crippen LogP contribution is -2.47. The summed E-state index contributed by atoms with van der Waals surface area (Å²) >= 11 is 1.14. The van der Waals surface area contributed by atoms with Crippen molar-refractivity contribution in [2.24, 2.45) is 7.05 Å². The van der Waals surface area contributed by atoms with E-state index in [4.69, 9.17) is 0 Å². The van der Waals surface area contributed by atoms with E-state index in [1.54, 1.807) is 26.1 Å². The van der Waals surface area contributed by atoms with Crippen LogP contribution in [0.25, 0.3) is 10.2 Å². The van der Waals surface area contributed by atoms with Crippen molar-refractivity contribution >= 4 is 43.2 Å². The van der Waals surface area contributed by atoms with Crippen LogP contribution in [0.4, 0.5) is 5.69 Å². The number of thiophene rings is 1. The summed E-state index contributed by atoms with van der Waals surface area (Å²) < 4.78 is 28.8. The van der Waals surface area contributed by atoms with Gasteiger partial charge in [0.2, 0.25) is 10.0 Å². The molecule has 3 aromatic rings. The minimum Gasteiger partial charge on any atom is -0.321 e. The highest BCUT2D eigenvalue weighted by Crippen LogP contribution is 2.28. The predicted molar refractivity (Wildman–Crippen MR) is 120 cm³/mol. The fraction of sp³-hybridized carbons (Fsp3) is 0.350. The number of amides is 1. The Morgan fingerprint density at radius 2 is 1.87 bits per heavy atom. The van der Waals surface area contributed by atoms with Crippen LogP contribution >= 0.6 is 11.3 Å². The second-order valence-electron chi connectivity index (χ2n) is 7.59. The molecule has 1 aliphatic heterocycles. The number of hydrogen-bond donors (Lipinski definition) is 1. The maximum Gasteiger partial charge on any atom is 0.266 e. The van der Waals surface area contributed by atoms with Crippen LogP contribution < -0.4 is 10.9 Å². The Morgan fingerprint density at radius 3 is 2.58 bits per heavy atom. The van der Waals surface area contributed by atoms with E-state index < -0.39 is 15.9 Å². The van der Waals surface area contributed by atoms with Gasteiger partial charge in [0.1, 0.15) is 4.83 Å². The summed E-state index contributed by atoms with van der Waals surface area (Å²) in [5.41, 5.74) is 0.725. The first-order valence-electron chi connectivity index (χ1n) is 9.73. The van der Waals surface area contributed by atoms with Crippen molar-refractivity contribution in [3.63, 3.8) is 0 Å². The summed E-state index contributed by atoms with van der Waals surface area (Å²) in [6.45, 7) is 3.92. The van der Waals surface area contributed by atoms with E-state index in [0.717, 1.165) is 11.3 Å². The fourth-order valence-corrected chi connectivity index (χ4v) is 6.03. The SMILES string of the molecule is Cc1c(C(=O)Nc2cccc(S(=O)(=O)N3CCN(C)CC3)c2)sc2ncn(C)c(=O)c12. The molecule has 2 aromatic heterocycles. The van der Waals surface area contributed by atoms with E-state index in [0.29, 0.717) is 52.5 Å². The van der Waals surface area contributed by atoms with Gasteiger partial charge in [0.05, 0.1) is 21.5 Å². The second kappa shape index (κ2) is 8.15. The molecule has 11 heteroatoms. The Morgan fingerprint density at radius 1 is 1.16 bits per heavy atom. The highest BCUT2D eigenvalue weighted by atomic mass is 32.2. The average Bonchev–Trinajstić information content (AvgIpc) is 3.08. The molecule has 0 spiro atoms. The molecule has 9 nitrogen and oxygen atoms in total. The van der Waals surface area contributed by atoms with Gasteiger partial charge in [-0.25, -0.2) is 13.4 Å². The number of benzene rings is 1. The fourth-order valence-electron chi connectivity index (χ4n) is 3.53. The average molecular weight is 462 g/mol. The lowest BCUT2D eigenvalue weighted by molar-refractivity contribution is 0.103. The van der Waals surface area contributed by atoms with E-state index in [9.17, 15) is 18.0 Å². The monoisotopic (exact) mass is 461 g/mol. The third-order valence-corrected chi connectivity index (χ3v) is 8.50. The minimum atomic E-state index is -3.64. The van der Waals surface area contributed by atoms with Crippen molar-refractivity contribution in [2.75, 3.05) is 38.5 Å². The minimum absolute atomic E-state index is 0.137. The maximum atomic E-state index is 13.0. The van der Waals surface area contributed by atoms with Crippen molar-refractivity contribution in [2.45, 2.75) is 11.8 Å². The van der Waals surface area contributed by atoms with Gasteiger partial charge in [-0.2, -0.15) is 4.31 Å². The van der Waals surface area contributed by atoms with Crippen molar-refractivity contribution in [1.82, 2.24) is 18.8 Å². The molecule has 1 aromatic carbocycles. The first kappa shape index (κ1) is 21.6. The van der Waals surface area contributed by atoms with Crippen molar-refractivity contribution in [3.05, 3.63) is 51.4 Å². The first-order chi connectivity index (χ1) is 14.7. The molecule has 164 valence electrons. The molecule has 1 fully saturated rings. The number of aryl methyl sites for hydroxylation is 2. The summed E-state index contributed by atoms with van der Waals surface area (Å²) in [5, 5.41) is 3.18. The number of sulfonamides is 1. The lowest BCUT2D eigenvalue weighted by atomic mass is 10.2. The van der Waals surface area contributed by atoms with Crippen LogP contribution in [0.2, 0.25) is 0 Å². The topological polar surface area (TPSA) is 105 Å². The van der Waals surface area contributed by atoms with Gasteiger partial charge in [-0.1, -0.05) is 6.07 Å². The molecule has 1 amide bonds. The largest absolute Gasteiger partial charge is 0.321 e. The summed E-state index contributed by atoms with van der Waals surface area (Å²) in [4.78, 5) is 32.6. The standard InChI is InChI=1S/C20H23N5O4S2/c1-13-16-19(21-12-24(3)20(16)27)30-17(13)18(26)22-14-5-4-6-15(11-14)31(28,29)25-9-7-23(2)8-10-25/h4-6,11-12H,7-10H2,1-3H3,(H,22,26). The van der Waals surface area contributed by atoms with E-state index in [-0.39, 0.29) is 10.5 Å². The zero-order valence-corrected chi connectivity index (χ0v) is 19.1. The van der Waals surface area contributed by atoms with Gasteiger partial charge in [-0.15, -0.1) is 11.3 Å². The van der Waals surface area contributed by atoms with Crippen LogP contribution in [0, 0.1) is 6.92 Å². The third-order valence-electron chi connectivity index (χ3n) is 5.41. The summed E-state index contributed by atoms with van der Waals surface area (Å²) in [6.07, 6.45) is 1.43. The molecule has 0 saturated carbocycles. The summed E-state index contributed by atoms with van der Waals surface area (Å²) in [7, 11) is -0.0747. The van der Waals surface area contributed by atoms with E-state index in [1.807, 2.05) is 7.05 Å². The molecule has 4 rings (SSSR count). The number of aromatic nitrogens is 2. The molecular weight excluding hydrogens is 438 g/mol. The molecule has 0 unspecified atom stereocenters. The number of carbonyl (C=O) groups excluding carboxylic acids is 1. The van der Waals surface area contributed by atoms with Crippen LogP contribution in [0.15, 0.2) is 40.3 Å². The zero-order valence-electron chi connectivity index (χ0n) is 17.5. The van der Waals surface area contributed by atoms with Crippen LogP contribution in [0.3, 0.4) is 0 Å². The van der Waals surface area contributed by atoms with E-state index >= 15 is 0 Å². The number of rotatable bonds is 4. The quantitative estimate of drug-likeness (QED) is 0.631. The van der Waals surface area contributed by atoms with Crippen molar-refractivity contribution in [3.8, 4) is 0 Å². The number of hydrogen-bond acceptors (Lipinski definition) is 7. The van der Waals surface area contributed by atoms with Gasteiger partial charge in [-0.3, -0.25) is 9.59 Å². The highest BCUT2D eigenvalue weighted by molar-refractivity contribution is 7.89. The molecular formula is C20H23N5O4S2. The van der Waals surface area contributed by atoms with Crippen molar-refractivity contribution in [1.29, 1.82) is 0 Å². The third kappa shape index (κ3) is 4.01. The number of nitrogens with one attached hydrogen (secondary N) is 1. The van der Waals surface area contributed by atoms with Crippen LogP contribution in [0.5, 0.6) is 0 Å². The molecule has 31 heavy (non-hydrogen) atoms. The van der Waals surface area contributed by atoms with Crippen LogP contribution in [-0.2, 0) is 17.1 Å². The maximum absolute atomic E-state index is 13.0. The van der Waals surface area contributed by atoms with Gasteiger partial charge in [0.25, 0.3) is 11.5 Å². The number of likely N-dealkylation sites (N-methyl/N-ethyl adjacent to an activating group) is 1. The molecule has 1 aliphatic rings. The lowest BCUT2D eigenvalue weighted by Gasteiger charge is -2.31. The second-order valence-corrected chi connectivity index (χ2v) is 10.5. The first-order valence-corrected chi connectivity index (χ1v) is 12.0. The number of fused-ring (bicyclic) bond motifs is 1. The molecule has 0 radical (unpaired) electrons. The Hall–Kier alpha value is -2.60. The number of piperazine rings is 1. The van der Waals surface area contributed by atoms with Gasteiger partial charge in [-0.05, 0) is 37.7 Å². The normalized spacial score (nSPS) is 16.0. The molecule has 3 heterocycles. The number of carbonyl (C=O) groups is 1. The molecule has 1 N–H and O–H groups in total. The summed E-state index contributed by atoms with van der Waals surface area (Å²) in [6, 6.07) is 6.24. The van der Waals surface area contributed by atoms with Gasteiger partial charge >= 0.3 is 0 Å². The molecule has 0 aliphatic carbocycles. The Bertz CT molecular complexity index is 1320. The predicted octanol–water partition coefficient (Wildman–Crippen LogP) is 1.49. The van der Waals surface area contributed by atoms with Gasteiger partial charge < -0.3 is 14.8 Å². The number of nitrogens with zero attached hydrogens (tertiary/aromatic N) is 4. The smallest absolute Gasteiger partial charge is 0.266 e.